The van der Waals surface area contributed by atoms with Crippen LogP contribution in [0.4, 0.5) is 10.5 Å². The van der Waals surface area contributed by atoms with Gasteiger partial charge in [0, 0.05) is 36.4 Å². The topological polar surface area (TPSA) is 70.7 Å². The van der Waals surface area contributed by atoms with Gasteiger partial charge in [-0.25, -0.2) is 4.79 Å². The Balaban J connectivity index is 1.32. The summed E-state index contributed by atoms with van der Waals surface area (Å²) >= 11 is 0. The molecule has 6 heteroatoms. The van der Waals surface area contributed by atoms with Crippen LogP contribution in [0, 0.1) is 0 Å². The van der Waals surface area contributed by atoms with Crippen LogP contribution in [0.1, 0.15) is 27.0 Å². The van der Waals surface area contributed by atoms with Gasteiger partial charge < -0.3 is 20.3 Å². The molecule has 0 unspecified atom stereocenters. The molecule has 30 heavy (non-hydrogen) atoms. The van der Waals surface area contributed by atoms with Crippen molar-refractivity contribution in [3.8, 4) is 5.75 Å². The van der Waals surface area contributed by atoms with Gasteiger partial charge in [-0.1, -0.05) is 42.5 Å². The summed E-state index contributed by atoms with van der Waals surface area (Å²) in [5.74, 6) is 0.550. The highest BCUT2D eigenvalue weighted by Crippen LogP contribution is 2.23. The number of carbonyl (C=O) groups is 2. The highest BCUT2D eigenvalue weighted by molar-refractivity contribution is 5.95. The molecule has 0 atom stereocenters. The van der Waals surface area contributed by atoms with Crippen LogP contribution >= 0.6 is 0 Å². The van der Waals surface area contributed by atoms with E-state index in [-0.39, 0.29) is 11.9 Å². The minimum absolute atomic E-state index is 0.153. The molecular formula is C24H23N3O3. The van der Waals surface area contributed by atoms with E-state index in [0.717, 1.165) is 11.3 Å². The maximum atomic E-state index is 12.5. The number of hydrogen-bond acceptors (Lipinski definition) is 3. The third-order valence-corrected chi connectivity index (χ3v) is 5.16. The normalized spacial score (nSPS) is 12.2. The van der Waals surface area contributed by atoms with Crippen LogP contribution in [-0.2, 0) is 19.6 Å². The van der Waals surface area contributed by atoms with Crippen LogP contribution < -0.4 is 15.4 Å². The largest absolute Gasteiger partial charge is 0.496 e. The Kier molecular flexibility index (Phi) is 5.66. The zero-order valence-corrected chi connectivity index (χ0v) is 16.7. The zero-order chi connectivity index (χ0) is 20.9. The Hall–Kier alpha value is -3.80. The van der Waals surface area contributed by atoms with Gasteiger partial charge in [0.2, 0.25) is 0 Å². The quantitative estimate of drug-likeness (QED) is 0.674. The van der Waals surface area contributed by atoms with Crippen molar-refractivity contribution in [3.05, 3.63) is 95.1 Å². The third kappa shape index (κ3) is 4.27. The van der Waals surface area contributed by atoms with E-state index in [1.54, 1.807) is 36.3 Å². The van der Waals surface area contributed by atoms with Crippen LogP contribution in [-0.4, -0.2) is 23.9 Å². The molecule has 3 amide bonds. The molecule has 0 aromatic heterocycles. The highest BCUT2D eigenvalue weighted by Gasteiger charge is 2.22. The van der Waals surface area contributed by atoms with E-state index in [4.69, 9.17) is 4.74 Å². The summed E-state index contributed by atoms with van der Waals surface area (Å²) in [6.45, 7) is 1.58. The van der Waals surface area contributed by atoms with E-state index in [2.05, 4.69) is 10.6 Å². The minimum atomic E-state index is -0.186. The smallest absolute Gasteiger partial charge is 0.322 e. The summed E-state index contributed by atoms with van der Waals surface area (Å²) in [6, 6.07) is 22.3. The van der Waals surface area contributed by atoms with Gasteiger partial charge in [-0.15, -0.1) is 0 Å². The average molecular weight is 401 g/mol. The number of amides is 3. The molecule has 0 fully saturated rings. The second kappa shape index (κ2) is 8.69. The fraction of sp³-hybridized carbons (Fsp3) is 0.167. The van der Waals surface area contributed by atoms with Gasteiger partial charge in [0.1, 0.15) is 5.75 Å². The van der Waals surface area contributed by atoms with Crippen molar-refractivity contribution >= 4 is 17.6 Å². The van der Waals surface area contributed by atoms with Gasteiger partial charge in [-0.2, -0.15) is 0 Å². The van der Waals surface area contributed by atoms with Crippen molar-refractivity contribution in [1.82, 2.24) is 10.2 Å². The van der Waals surface area contributed by atoms with Crippen molar-refractivity contribution in [2.45, 2.75) is 19.6 Å². The molecule has 0 bridgehead atoms. The van der Waals surface area contributed by atoms with Crippen molar-refractivity contribution < 1.29 is 14.3 Å². The lowest BCUT2D eigenvalue weighted by Gasteiger charge is -2.16. The first-order valence-electron chi connectivity index (χ1n) is 9.77. The van der Waals surface area contributed by atoms with Crippen LogP contribution in [0.5, 0.6) is 5.75 Å². The van der Waals surface area contributed by atoms with Gasteiger partial charge in [-0.3, -0.25) is 4.79 Å². The summed E-state index contributed by atoms with van der Waals surface area (Å²) in [4.78, 5) is 26.7. The van der Waals surface area contributed by atoms with Crippen molar-refractivity contribution in [2.24, 2.45) is 0 Å². The van der Waals surface area contributed by atoms with E-state index in [1.165, 1.54) is 11.1 Å². The molecule has 3 aromatic carbocycles. The van der Waals surface area contributed by atoms with Crippen molar-refractivity contribution in [2.75, 3.05) is 12.4 Å². The molecule has 3 aromatic rings. The fourth-order valence-corrected chi connectivity index (χ4v) is 3.51. The molecule has 4 rings (SSSR count). The molecule has 1 aliphatic heterocycles. The summed E-state index contributed by atoms with van der Waals surface area (Å²) < 4.78 is 5.30. The lowest BCUT2D eigenvalue weighted by molar-refractivity contribution is 0.0950. The number of rotatable bonds is 5. The molecular weight excluding hydrogens is 378 g/mol. The number of carbonyl (C=O) groups excluding carboxylic acids is 2. The molecule has 0 saturated heterocycles. The second-order valence-electron chi connectivity index (χ2n) is 7.13. The maximum Gasteiger partial charge on any atom is 0.322 e. The van der Waals surface area contributed by atoms with E-state index in [1.807, 2.05) is 48.5 Å². The Bertz CT molecular complexity index is 1040. The van der Waals surface area contributed by atoms with Gasteiger partial charge >= 0.3 is 6.03 Å². The van der Waals surface area contributed by atoms with Gasteiger partial charge in [0.15, 0.2) is 0 Å². The number of fused-ring (bicyclic) bond motifs is 1. The first kappa shape index (κ1) is 19.5. The summed E-state index contributed by atoms with van der Waals surface area (Å²) in [6.07, 6.45) is 0. The molecule has 0 saturated carbocycles. The number of para-hydroxylation sites is 1. The predicted octanol–water partition coefficient (Wildman–Crippen LogP) is 4.17. The number of methoxy groups -OCH3 is 1. The van der Waals surface area contributed by atoms with Crippen LogP contribution in [0.15, 0.2) is 72.8 Å². The Morgan fingerprint density at radius 2 is 1.53 bits per heavy atom. The third-order valence-electron chi connectivity index (χ3n) is 5.16. The van der Waals surface area contributed by atoms with E-state index in [0.29, 0.717) is 30.9 Å². The molecule has 0 aliphatic carbocycles. The lowest BCUT2D eigenvalue weighted by Crippen LogP contribution is -2.30. The summed E-state index contributed by atoms with van der Waals surface area (Å²) in [7, 11) is 1.61. The first-order valence-corrected chi connectivity index (χ1v) is 9.77. The van der Waals surface area contributed by atoms with E-state index >= 15 is 0 Å². The van der Waals surface area contributed by atoms with E-state index in [9.17, 15) is 9.59 Å². The van der Waals surface area contributed by atoms with Crippen molar-refractivity contribution in [3.63, 3.8) is 0 Å². The number of ether oxygens (including phenoxy) is 1. The van der Waals surface area contributed by atoms with Crippen molar-refractivity contribution in [1.29, 1.82) is 0 Å². The molecule has 1 aliphatic rings. The molecule has 152 valence electrons. The number of nitrogens with zero attached hydrogens (tertiary/aromatic N) is 1. The van der Waals surface area contributed by atoms with Crippen LogP contribution in [0.3, 0.4) is 0 Å². The SMILES string of the molecule is COc1ccccc1CNC(=O)c1ccc(NC(=O)N2Cc3ccccc3C2)cc1. The molecule has 6 nitrogen and oxygen atoms in total. The molecule has 0 radical (unpaired) electrons. The summed E-state index contributed by atoms with van der Waals surface area (Å²) in [5.41, 5.74) is 4.43. The molecule has 0 spiro atoms. The Morgan fingerprint density at radius 3 is 2.20 bits per heavy atom. The molecule has 2 N–H and O–H groups in total. The first-order chi connectivity index (χ1) is 14.6. The minimum Gasteiger partial charge on any atom is -0.496 e. The van der Waals surface area contributed by atoms with Crippen LogP contribution in [0.2, 0.25) is 0 Å². The Morgan fingerprint density at radius 1 is 0.900 bits per heavy atom. The van der Waals surface area contributed by atoms with Crippen LogP contribution in [0.25, 0.3) is 0 Å². The predicted molar refractivity (Wildman–Crippen MR) is 115 cm³/mol. The highest BCUT2D eigenvalue weighted by atomic mass is 16.5. The number of nitrogens with one attached hydrogen (secondary N) is 2. The number of benzene rings is 3. The molecule has 1 heterocycles. The summed E-state index contributed by atoms with van der Waals surface area (Å²) in [5, 5.41) is 5.79. The number of hydrogen-bond donors (Lipinski definition) is 2. The number of urea groups is 1. The average Bonchev–Trinajstić information content (AvgIpc) is 3.23. The monoisotopic (exact) mass is 401 g/mol. The van der Waals surface area contributed by atoms with E-state index < -0.39 is 0 Å². The van der Waals surface area contributed by atoms with Gasteiger partial charge in [0.05, 0.1) is 7.11 Å². The fourth-order valence-electron chi connectivity index (χ4n) is 3.51. The second-order valence-corrected chi connectivity index (χ2v) is 7.13. The lowest BCUT2D eigenvalue weighted by atomic mass is 10.1. The number of anilines is 1. The van der Waals surface area contributed by atoms with Gasteiger partial charge in [-0.05, 0) is 41.5 Å². The van der Waals surface area contributed by atoms with Gasteiger partial charge in [0.25, 0.3) is 5.91 Å². The standard InChI is InChI=1S/C24H23N3O3/c1-30-22-9-5-4-6-18(22)14-25-23(28)17-10-12-21(13-11-17)26-24(29)27-15-19-7-2-3-8-20(19)16-27/h2-13H,14-16H2,1H3,(H,25,28)(H,26,29). The zero-order valence-electron chi connectivity index (χ0n) is 16.7. The maximum absolute atomic E-state index is 12.5. The Labute approximate surface area is 175 Å².